The van der Waals surface area contributed by atoms with Gasteiger partial charge in [-0.3, -0.25) is 4.79 Å². The van der Waals surface area contributed by atoms with Crippen LogP contribution in [0.15, 0.2) is 64.2 Å². The van der Waals surface area contributed by atoms with Crippen LogP contribution in [-0.4, -0.2) is 12.1 Å². The first-order chi connectivity index (χ1) is 9.25. The molecule has 0 saturated carbocycles. The molecule has 0 aliphatic carbocycles. The highest BCUT2D eigenvalue weighted by Gasteiger charge is 2.02. The number of nitrogens with one attached hydrogen (secondary N) is 1. The maximum atomic E-state index is 11.7. The van der Waals surface area contributed by atoms with E-state index in [1.165, 1.54) is 0 Å². The summed E-state index contributed by atoms with van der Waals surface area (Å²) in [5, 5.41) is 3.93. The molecule has 0 spiro atoms. The molecule has 2 aromatic carbocycles. The number of hydrazone groups is 1. The fourth-order valence-corrected chi connectivity index (χ4v) is 1.80. The summed E-state index contributed by atoms with van der Waals surface area (Å²) in [7, 11) is 0. The Morgan fingerprint density at radius 1 is 1.11 bits per heavy atom. The van der Waals surface area contributed by atoms with Crippen LogP contribution in [0.2, 0.25) is 0 Å². The van der Waals surface area contributed by atoms with Crippen LogP contribution in [-0.2, 0) is 6.42 Å². The van der Waals surface area contributed by atoms with Gasteiger partial charge in [-0.2, -0.15) is 5.10 Å². The van der Waals surface area contributed by atoms with E-state index < -0.39 is 0 Å². The monoisotopic (exact) mass is 316 g/mol. The molecule has 0 aliphatic rings. The van der Waals surface area contributed by atoms with Crippen LogP contribution in [0.25, 0.3) is 0 Å². The second kappa shape index (κ2) is 6.85. The Morgan fingerprint density at radius 2 is 1.79 bits per heavy atom. The van der Waals surface area contributed by atoms with Crippen LogP contribution < -0.4 is 5.43 Å². The summed E-state index contributed by atoms with van der Waals surface area (Å²) in [5.74, 6) is -0.211. The molecular formula is C15H13BrN2O. The van der Waals surface area contributed by atoms with Crippen molar-refractivity contribution in [3.8, 4) is 0 Å². The normalized spacial score (nSPS) is 10.6. The van der Waals surface area contributed by atoms with Gasteiger partial charge < -0.3 is 0 Å². The van der Waals surface area contributed by atoms with Gasteiger partial charge in [0, 0.05) is 22.7 Å². The minimum atomic E-state index is -0.211. The van der Waals surface area contributed by atoms with Gasteiger partial charge in [-0.05, 0) is 29.8 Å². The Labute approximate surface area is 120 Å². The third-order valence-corrected chi connectivity index (χ3v) is 3.06. The average molecular weight is 317 g/mol. The van der Waals surface area contributed by atoms with Crippen molar-refractivity contribution in [2.75, 3.05) is 0 Å². The van der Waals surface area contributed by atoms with E-state index in [1.54, 1.807) is 18.3 Å². The first kappa shape index (κ1) is 13.5. The van der Waals surface area contributed by atoms with Crippen molar-refractivity contribution in [2.45, 2.75) is 6.42 Å². The predicted octanol–water partition coefficient (Wildman–Crippen LogP) is 3.41. The summed E-state index contributed by atoms with van der Waals surface area (Å²) in [6.07, 6.45) is 2.38. The van der Waals surface area contributed by atoms with Crippen LogP contribution >= 0.6 is 15.9 Å². The molecule has 4 heteroatoms. The lowest BCUT2D eigenvalue weighted by Gasteiger charge is -1.99. The lowest BCUT2D eigenvalue weighted by Crippen LogP contribution is -2.17. The number of nitrogens with zero attached hydrogens (tertiary/aromatic N) is 1. The third-order valence-electron chi connectivity index (χ3n) is 2.53. The van der Waals surface area contributed by atoms with Crippen LogP contribution in [0.1, 0.15) is 15.9 Å². The van der Waals surface area contributed by atoms with E-state index in [0.717, 1.165) is 10.0 Å². The van der Waals surface area contributed by atoms with Crippen molar-refractivity contribution >= 4 is 28.1 Å². The first-order valence-electron chi connectivity index (χ1n) is 5.87. The molecule has 1 amide bonds. The van der Waals surface area contributed by atoms with E-state index in [4.69, 9.17) is 0 Å². The Hall–Kier alpha value is -1.94. The zero-order valence-electron chi connectivity index (χ0n) is 10.2. The molecule has 2 aromatic rings. The topological polar surface area (TPSA) is 41.5 Å². The summed E-state index contributed by atoms with van der Waals surface area (Å²) in [5.41, 5.74) is 4.24. The van der Waals surface area contributed by atoms with Crippen molar-refractivity contribution in [1.29, 1.82) is 0 Å². The van der Waals surface area contributed by atoms with Gasteiger partial charge in [0.05, 0.1) is 0 Å². The molecule has 0 radical (unpaired) electrons. The van der Waals surface area contributed by atoms with Crippen LogP contribution in [0, 0.1) is 0 Å². The van der Waals surface area contributed by atoms with Crippen LogP contribution in [0.4, 0.5) is 0 Å². The van der Waals surface area contributed by atoms with E-state index in [-0.39, 0.29) is 5.91 Å². The Balaban J connectivity index is 1.85. The highest BCUT2D eigenvalue weighted by Crippen LogP contribution is 2.10. The molecule has 0 aromatic heterocycles. The number of rotatable bonds is 4. The van der Waals surface area contributed by atoms with Crippen molar-refractivity contribution in [1.82, 2.24) is 5.43 Å². The Morgan fingerprint density at radius 3 is 2.47 bits per heavy atom. The van der Waals surface area contributed by atoms with Crippen LogP contribution in [0.5, 0.6) is 0 Å². The van der Waals surface area contributed by atoms with E-state index >= 15 is 0 Å². The van der Waals surface area contributed by atoms with E-state index in [0.29, 0.717) is 12.0 Å². The first-order valence-corrected chi connectivity index (χ1v) is 6.66. The second-order valence-electron chi connectivity index (χ2n) is 3.95. The zero-order valence-corrected chi connectivity index (χ0v) is 11.8. The number of amides is 1. The molecule has 0 unspecified atom stereocenters. The molecule has 0 atom stereocenters. The van der Waals surface area contributed by atoms with Gasteiger partial charge in [0.1, 0.15) is 0 Å². The van der Waals surface area contributed by atoms with E-state index in [2.05, 4.69) is 26.5 Å². The number of carbonyl (C=O) groups is 1. The SMILES string of the molecule is O=C(NN=CCc1ccccc1)c1ccc(Br)cc1. The van der Waals surface area contributed by atoms with Crippen LogP contribution in [0.3, 0.4) is 0 Å². The van der Waals surface area contributed by atoms with Gasteiger partial charge in [0.25, 0.3) is 5.91 Å². The molecule has 96 valence electrons. The smallest absolute Gasteiger partial charge is 0.267 e. The number of carbonyl (C=O) groups excluding carboxylic acids is 1. The maximum Gasteiger partial charge on any atom is 0.271 e. The average Bonchev–Trinajstić information content (AvgIpc) is 2.45. The number of benzene rings is 2. The van der Waals surface area contributed by atoms with Gasteiger partial charge in [-0.15, -0.1) is 0 Å². The van der Waals surface area contributed by atoms with Gasteiger partial charge in [-0.1, -0.05) is 46.3 Å². The fourth-order valence-electron chi connectivity index (χ4n) is 1.54. The molecule has 0 saturated heterocycles. The molecule has 3 nitrogen and oxygen atoms in total. The van der Waals surface area contributed by atoms with Gasteiger partial charge >= 0.3 is 0 Å². The molecule has 2 rings (SSSR count). The van der Waals surface area contributed by atoms with Gasteiger partial charge in [-0.25, -0.2) is 5.43 Å². The van der Waals surface area contributed by atoms with Crippen molar-refractivity contribution in [3.63, 3.8) is 0 Å². The molecule has 1 N–H and O–H groups in total. The number of hydrogen-bond acceptors (Lipinski definition) is 2. The highest BCUT2D eigenvalue weighted by molar-refractivity contribution is 9.10. The second-order valence-corrected chi connectivity index (χ2v) is 4.86. The highest BCUT2D eigenvalue weighted by atomic mass is 79.9. The summed E-state index contributed by atoms with van der Waals surface area (Å²) >= 11 is 3.32. The lowest BCUT2D eigenvalue weighted by atomic mass is 10.2. The van der Waals surface area contributed by atoms with E-state index in [1.807, 2.05) is 42.5 Å². The maximum absolute atomic E-state index is 11.7. The summed E-state index contributed by atoms with van der Waals surface area (Å²) < 4.78 is 0.941. The lowest BCUT2D eigenvalue weighted by molar-refractivity contribution is 0.0955. The number of halogens is 1. The van der Waals surface area contributed by atoms with Gasteiger partial charge in [0.15, 0.2) is 0 Å². The van der Waals surface area contributed by atoms with E-state index in [9.17, 15) is 4.79 Å². The van der Waals surface area contributed by atoms with Crippen molar-refractivity contribution < 1.29 is 4.79 Å². The summed E-state index contributed by atoms with van der Waals surface area (Å²) in [6, 6.07) is 17.1. The minimum absolute atomic E-state index is 0.211. The third kappa shape index (κ3) is 4.34. The number of hydrogen-bond donors (Lipinski definition) is 1. The summed E-state index contributed by atoms with van der Waals surface area (Å²) in [6.45, 7) is 0. The molecule has 0 bridgehead atoms. The predicted molar refractivity (Wildman–Crippen MR) is 80.2 cm³/mol. The standard InChI is InChI=1S/C15H13BrN2O/c16-14-8-6-13(7-9-14)15(19)18-17-11-10-12-4-2-1-3-5-12/h1-9,11H,10H2,(H,18,19). The molecular weight excluding hydrogens is 304 g/mol. The van der Waals surface area contributed by atoms with Crippen molar-refractivity contribution in [3.05, 3.63) is 70.2 Å². The van der Waals surface area contributed by atoms with Crippen molar-refractivity contribution in [2.24, 2.45) is 5.10 Å². The fraction of sp³-hybridized carbons (Fsp3) is 0.0667. The van der Waals surface area contributed by atoms with Gasteiger partial charge in [0.2, 0.25) is 0 Å². The molecule has 19 heavy (non-hydrogen) atoms. The Bertz CT molecular complexity index is 564. The Kier molecular flexibility index (Phi) is 4.86. The largest absolute Gasteiger partial charge is 0.271 e. The zero-order chi connectivity index (χ0) is 13.5. The minimum Gasteiger partial charge on any atom is -0.267 e. The quantitative estimate of drug-likeness (QED) is 0.681. The molecule has 0 aliphatic heterocycles. The molecule has 0 heterocycles. The summed E-state index contributed by atoms with van der Waals surface area (Å²) in [4.78, 5) is 11.7. The molecule has 0 fully saturated rings.